The first-order chi connectivity index (χ1) is 14.0. The van der Waals surface area contributed by atoms with Crippen molar-refractivity contribution < 1.29 is 9.21 Å². The number of hydrogen-bond acceptors (Lipinski definition) is 6. The largest absolute Gasteiger partial charge is 0.409 e. The minimum Gasteiger partial charge on any atom is -0.409 e. The summed E-state index contributed by atoms with van der Waals surface area (Å²) < 4.78 is 7.90. The van der Waals surface area contributed by atoms with Crippen molar-refractivity contribution in [3.05, 3.63) is 68.8 Å². The van der Waals surface area contributed by atoms with Gasteiger partial charge in [0.2, 0.25) is 11.8 Å². The standard InChI is InChI=1S/C20H15BrN4O2S2/c1-12-2-4-14(5-3-12)18-24-25(20(28)27-18)10-17(26)23-19-22-16(11-29-19)13-6-8-15(21)9-7-13/h2-9,11H,10H2,1H3,(H,22,23,26). The van der Waals surface area contributed by atoms with E-state index in [2.05, 4.69) is 31.3 Å². The number of halogens is 1. The predicted molar refractivity (Wildman–Crippen MR) is 119 cm³/mol. The van der Waals surface area contributed by atoms with Gasteiger partial charge in [-0.25, -0.2) is 9.67 Å². The molecule has 9 heteroatoms. The zero-order valence-corrected chi connectivity index (χ0v) is 18.5. The Balaban J connectivity index is 1.44. The lowest BCUT2D eigenvalue weighted by Gasteiger charge is -2.01. The molecule has 4 aromatic rings. The SMILES string of the molecule is Cc1ccc(-c2nn(CC(=O)Nc3nc(-c4ccc(Br)cc4)cs3)c(=S)o2)cc1. The Labute approximate surface area is 184 Å². The van der Waals surface area contributed by atoms with Crippen LogP contribution in [0.4, 0.5) is 5.13 Å². The summed E-state index contributed by atoms with van der Waals surface area (Å²) in [5.74, 6) is 0.108. The highest BCUT2D eigenvalue weighted by Crippen LogP contribution is 2.26. The van der Waals surface area contributed by atoms with Crippen molar-refractivity contribution in [2.24, 2.45) is 0 Å². The van der Waals surface area contributed by atoms with Crippen molar-refractivity contribution in [2.45, 2.75) is 13.5 Å². The van der Waals surface area contributed by atoms with Gasteiger partial charge in [0.15, 0.2) is 5.13 Å². The minimum absolute atomic E-state index is 0.0542. The number of anilines is 1. The van der Waals surface area contributed by atoms with Crippen molar-refractivity contribution in [2.75, 3.05) is 5.32 Å². The van der Waals surface area contributed by atoms with Crippen LogP contribution in [0.5, 0.6) is 0 Å². The van der Waals surface area contributed by atoms with Crippen LogP contribution >= 0.6 is 39.5 Å². The average molecular weight is 487 g/mol. The van der Waals surface area contributed by atoms with E-state index in [1.54, 1.807) is 0 Å². The first-order valence-electron chi connectivity index (χ1n) is 8.64. The molecule has 0 aliphatic rings. The summed E-state index contributed by atoms with van der Waals surface area (Å²) in [5.41, 5.74) is 3.72. The molecule has 0 fully saturated rings. The molecule has 0 atom stereocenters. The molecule has 0 radical (unpaired) electrons. The highest BCUT2D eigenvalue weighted by atomic mass is 79.9. The van der Waals surface area contributed by atoms with Crippen LogP contribution in [0.25, 0.3) is 22.7 Å². The smallest absolute Gasteiger partial charge is 0.287 e. The highest BCUT2D eigenvalue weighted by molar-refractivity contribution is 9.10. The molecule has 2 aromatic heterocycles. The molecule has 6 nitrogen and oxygen atoms in total. The maximum atomic E-state index is 12.4. The number of benzene rings is 2. The summed E-state index contributed by atoms with van der Waals surface area (Å²) in [6.07, 6.45) is 0. The second-order valence-corrected chi connectivity index (χ2v) is 8.41. The molecule has 2 heterocycles. The van der Waals surface area contributed by atoms with E-state index < -0.39 is 0 Å². The monoisotopic (exact) mass is 486 g/mol. The minimum atomic E-state index is -0.276. The predicted octanol–water partition coefficient (Wildman–Crippen LogP) is 5.71. The van der Waals surface area contributed by atoms with Crippen molar-refractivity contribution in [1.82, 2.24) is 14.8 Å². The number of thiazole rings is 1. The zero-order chi connectivity index (χ0) is 20.4. The van der Waals surface area contributed by atoms with Crippen LogP contribution in [0, 0.1) is 11.8 Å². The summed E-state index contributed by atoms with van der Waals surface area (Å²) >= 11 is 9.97. The van der Waals surface area contributed by atoms with Gasteiger partial charge in [-0.1, -0.05) is 45.8 Å². The lowest BCUT2D eigenvalue weighted by molar-refractivity contribution is -0.117. The van der Waals surface area contributed by atoms with Gasteiger partial charge in [0.1, 0.15) is 6.54 Å². The van der Waals surface area contributed by atoms with E-state index in [1.807, 2.05) is 60.8 Å². The molecule has 0 saturated carbocycles. The number of aromatic nitrogens is 3. The van der Waals surface area contributed by atoms with Crippen LogP contribution in [0.3, 0.4) is 0 Å². The Morgan fingerprint density at radius 2 is 1.86 bits per heavy atom. The van der Waals surface area contributed by atoms with Crippen molar-refractivity contribution in [1.29, 1.82) is 0 Å². The molecule has 29 heavy (non-hydrogen) atoms. The fraction of sp³-hybridized carbons (Fsp3) is 0.100. The number of rotatable bonds is 5. The molecule has 1 N–H and O–H groups in total. The molecule has 0 unspecified atom stereocenters. The van der Waals surface area contributed by atoms with Crippen LogP contribution in [-0.2, 0) is 11.3 Å². The number of amides is 1. The highest BCUT2D eigenvalue weighted by Gasteiger charge is 2.13. The third-order valence-corrected chi connectivity index (χ3v) is 5.67. The number of carbonyl (C=O) groups excluding carboxylic acids is 1. The quantitative estimate of drug-likeness (QED) is 0.366. The van der Waals surface area contributed by atoms with E-state index >= 15 is 0 Å². The Morgan fingerprint density at radius 1 is 1.17 bits per heavy atom. The third kappa shape index (κ3) is 4.69. The number of carbonyl (C=O) groups is 1. The van der Waals surface area contributed by atoms with Gasteiger partial charge in [-0.2, -0.15) is 0 Å². The average Bonchev–Trinajstić information content (AvgIpc) is 3.30. The van der Waals surface area contributed by atoms with Gasteiger partial charge in [0, 0.05) is 21.0 Å². The van der Waals surface area contributed by atoms with Gasteiger partial charge in [-0.05, 0) is 43.4 Å². The molecular weight excluding hydrogens is 472 g/mol. The molecule has 0 saturated heterocycles. The summed E-state index contributed by atoms with van der Waals surface area (Å²) in [6, 6.07) is 15.6. The Morgan fingerprint density at radius 3 is 2.59 bits per heavy atom. The Kier molecular flexibility index (Phi) is 5.70. The van der Waals surface area contributed by atoms with Gasteiger partial charge < -0.3 is 9.73 Å². The number of aryl methyl sites for hydroxylation is 1. The molecular formula is C20H15BrN4O2S2. The van der Waals surface area contributed by atoms with Crippen LogP contribution in [0.15, 0.2) is 62.8 Å². The van der Waals surface area contributed by atoms with E-state index in [0.29, 0.717) is 11.0 Å². The van der Waals surface area contributed by atoms with Crippen LogP contribution < -0.4 is 5.32 Å². The van der Waals surface area contributed by atoms with E-state index in [0.717, 1.165) is 26.9 Å². The molecule has 0 aliphatic carbocycles. The maximum absolute atomic E-state index is 12.4. The lowest BCUT2D eigenvalue weighted by Crippen LogP contribution is -2.19. The second-order valence-electron chi connectivity index (χ2n) is 6.29. The topological polar surface area (TPSA) is 73.0 Å². The van der Waals surface area contributed by atoms with E-state index in [-0.39, 0.29) is 17.3 Å². The van der Waals surface area contributed by atoms with Crippen LogP contribution in [0.2, 0.25) is 0 Å². The van der Waals surface area contributed by atoms with Crippen molar-refractivity contribution >= 4 is 50.5 Å². The Hall–Kier alpha value is -2.62. The van der Waals surface area contributed by atoms with E-state index in [1.165, 1.54) is 16.0 Å². The number of nitrogens with zero attached hydrogens (tertiary/aromatic N) is 3. The van der Waals surface area contributed by atoms with Gasteiger partial charge in [0.25, 0.3) is 4.84 Å². The number of nitrogens with one attached hydrogen (secondary N) is 1. The molecule has 0 spiro atoms. The van der Waals surface area contributed by atoms with Crippen molar-refractivity contribution in [3.63, 3.8) is 0 Å². The van der Waals surface area contributed by atoms with Gasteiger partial charge in [-0.15, -0.1) is 16.4 Å². The lowest BCUT2D eigenvalue weighted by atomic mass is 10.1. The molecule has 0 bridgehead atoms. The first-order valence-corrected chi connectivity index (χ1v) is 10.7. The summed E-state index contributed by atoms with van der Waals surface area (Å²) in [6.45, 7) is 1.95. The maximum Gasteiger partial charge on any atom is 0.287 e. The van der Waals surface area contributed by atoms with Crippen molar-refractivity contribution in [3.8, 4) is 22.7 Å². The van der Waals surface area contributed by atoms with Gasteiger partial charge in [0.05, 0.1) is 5.69 Å². The first kappa shape index (κ1) is 19.7. The molecule has 1 amide bonds. The van der Waals surface area contributed by atoms with Gasteiger partial charge >= 0.3 is 0 Å². The summed E-state index contributed by atoms with van der Waals surface area (Å²) in [5, 5.41) is 9.52. The molecule has 4 rings (SSSR count). The fourth-order valence-corrected chi connectivity index (χ4v) is 3.78. The zero-order valence-electron chi connectivity index (χ0n) is 15.3. The third-order valence-electron chi connectivity index (χ3n) is 4.09. The molecule has 2 aromatic carbocycles. The van der Waals surface area contributed by atoms with E-state index in [9.17, 15) is 4.79 Å². The molecule has 0 aliphatic heterocycles. The summed E-state index contributed by atoms with van der Waals surface area (Å²) in [7, 11) is 0. The normalized spacial score (nSPS) is 10.8. The summed E-state index contributed by atoms with van der Waals surface area (Å²) in [4.78, 5) is 17.0. The number of hydrogen-bond donors (Lipinski definition) is 1. The van der Waals surface area contributed by atoms with Crippen LogP contribution in [-0.4, -0.2) is 20.7 Å². The van der Waals surface area contributed by atoms with E-state index in [4.69, 9.17) is 16.6 Å². The second kappa shape index (κ2) is 8.40. The van der Waals surface area contributed by atoms with Gasteiger partial charge in [-0.3, -0.25) is 4.79 Å². The Bertz CT molecular complexity index is 1210. The fourth-order valence-electron chi connectivity index (χ4n) is 2.60. The molecule has 146 valence electrons. The van der Waals surface area contributed by atoms with Crippen LogP contribution in [0.1, 0.15) is 5.56 Å².